The average Bonchev–Trinajstić information content (AvgIpc) is 2.82. The van der Waals surface area contributed by atoms with Crippen LogP contribution < -0.4 is 5.73 Å². The summed E-state index contributed by atoms with van der Waals surface area (Å²) in [5.74, 6) is 0.366. The standard InChI is InChI=1S/C13H21N3OS2/c1-9(2)11-12(13(14)18)19-10(15-11)3-4-16-5-7-17-8-6-16/h9H,3-8H2,1-2H3,(H2,14,18). The molecule has 0 unspecified atom stereocenters. The number of rotatable bonds is 5. The zero-order valence-corrected chi connectivity index (χ0v) is 13.1. The lowest BCUT2D eigenvalue weighted by molar-refractivity contribution is 0.0384. The molecular formula is C13H21N3OS2. The Kier molecular flexibility index (Phi) is 5.27. The third kappa shape index (κ3) is 3.95. The largest absolute Gasteiger partial charge is 0.389 e. The molecule has 0 bridgehead atoms. The lowest BCUT2D eigenvalue weighted by Crippen LogP contribution is -2.37. The van der Waals surface area contributed by atoms with Crippen molar-refractivity contribution >= 4 is 28.5 Å². The molecule has 1 aromatic rings. The van der Waals surface area contributed by atoms with Gasteiger partial charge in [0.05, 0.1) is 28.8 Å². The van der Waals surface area contributed by atoms with E-state index in [1.807, 2.05) is 0 Å². The van der Waals surface area contributed by atoms with Gasteiger partial charge >= 0.3 is 0 Å². The van der Waals surface area contributed by atoms with E-state index in [2.05, 4.69) is 18.7 Å². The van der Waals surface area contributed by atoms with Crippen LogP contribution in [0.15, 0.2) is 0 Å². The van der Waals surface area contributed by atoms with Crippen molar-refractivity contribution in [1.82, 2.24) is 9.88 Å². The maximum absolute atomic E-state index is 5.78. The first kappa shape index (κ1) is 14.8. The van der Waals surface area contributed by atoms with Gasteiger partial charge in [-0.05, 0) is 5.92 Å². The maximum atomic E-state index is 5.78. The van der Waals surface area contributed by atoms with Crippen molar-refractivity contribution in [3.05, 3.63) is 15.6 Å². The number of morpholine rings is 1. The molecule has 2 N–H and O–H groups in total. The molecule has 106 valence electrons. The van der Waals surface area contributed by atoms with Crippen molar-refractivity contribution in [1.29, 1.82) is 0 Å². The quantitative estimate of drug-likeness (QED) is 0.840. The summed E-state index contributed by atoms with van der Waals surface area (Å²) in [6, 6.07) is 0. The van der Waals surface area contributed by atoms with Gasteiger partial charge in [-0.3, -0.25) is 4.90 Å². The molecule has 0 radical (unpaired) electrons. The minimum absolute atomic E-state index is 0.366. The van der Waals surface area contributed by atoms with Crippen LogP contribution in [0.1, 0.15) is 35.3 Å². The summed E-state index contributed by atoms with van der Waals surface area (Å²) in [6.07, 6.45) is 0.965. The molecular weight excluding hydrogens is 278 g/mol. The Bertz CT molecular complexity index is 439. The number of thiazole rings is 1. The van der Waals surface area contributed by atoms with Crippen LogP contribution in [0.5, 0.6) is 0 Å². The first-order chi connectivity index (χ1) is 9.08. The Morgan fingerprint density at radius 1 is 1.47 bits per heavy atom. The van der Waals surface area contributed by atoms with E-state index in [1.54, 1.807) is 11.3 Å². The third-order valence-electron chi connectivity index (χ3n) is 3.21. The predicted octanol–water partition coefficient (Wildman–Crippen LogP) is 1.78. The number of nitrogens with zero attached hydrogens (tertiary/aromatic N) is 2. The number of thiocarbonyl (C=S) groups is 1. The molecule has 1 saturated heterocycles. The van der Waals surface area contributed by atoms with Gasteiger partial charge in [0.1, 0.15) is 4.99 Å². The summed E-state index contributed by atoms with van der Waals surface area (Å²) in [6.45, 7) is 9.01. The summed E-state index contributed by atoms with van der Waals surface area (Å²) in [5.41, 5.74) is 6.83. The summed E-state index contributed by atoms with van der Waals surface area (Å²) >= 11 is 6.76. The molecule has 0 atom stereocenters. The molecule has 0 spiro atoms. The molecule has 1 aliphatic rings. The number of nitrogens with two attached hydrogens (primary N) is 1. The topological polar surface area (TPSA) is 51.4 Å². The lowest BCUT2D eigenvalue weighted by Gasteiger charge is -2.25. The van der Waals surface area contributed by atoms with E-state index in [0.29, 0.717) is 10.9 Å². The van der Waals surface area contributed by atoms with Crippen molar-refractivity contribution in [2.75, 3.05) is 32.8 Å². The first-order valence-corrected chi connectivity index (χ1v) is 7.90. The SMILES string of the molecule is CC(C)c1nc(CCN2CCOCC2)sc1C(N)=S. The monoisotopic (exact) mass is 299 g/mol. The number of hydrogen-bond acceptors (Lipinski definition) is 5. The van der Waals surface area contributed by atoms with Gasteiger partial charge in [0.15, 0.2) is 0 Å². The molecule has 0 amide bonds. The Balaban J connectivity index is 2.00. The van der Waals surface area contributed by atoms with Crippen LogP contribution in [-0.4, -0.2) is 47.7 Å². The van der Waals surface area contributed by atoms with Crippen LogP contribution >= 0.6 is 23.6 Å². The Labute approximate surface area is 124 Å². The summed E-state index contributed by atoms with van der Waals surface area (Å²) in [5, 5.41) is 1.14. The highest BCUT2D eigenvalue weighted by Gasteiger charge is 2.17. The predicted molar refractivity (Wildman–Crippen MR) is 83.1 cm³/mol. The van der Waals surface area contributed by atoms with E-state index in [1.165, 1.54) is 0 Å². The lowest BCUT2D eigenvalue weighted by atomic mass is 10.1. The molecule has 2 rings (SSSR count). The van der Waals surface area contributed by atoms with Crippen LogP contribution in [0, 0.1) is 0 Å². The minimum atomic E-state index is 0.366. The van der Waals surface area contributed by atoms with Gasteiger partial charge in [0.2, 0.25) is 0 Å². The van der Waals surface area contributed by atoms with Crippen molar-refractivity contribution in [3.63, 3.8) is 0 Å². The zero-order chi connectivity index (χ0) is 13.8. The maximum Gasteiger partial charge on any atom is 0.116 e. The minimum Gasteiger partial charge on any atom is -0.389 e. The highest BCUT2D eigenvalue weighted by atomic mass is 32.1. The van der Waals surface area contributed by atoms with Crippen molar-refractivity contribution in [3.8, 4) is 0 Å². The van der Waals surface area contributed by atoms with E-state index in [9.17, 15) is 0 Å². The Morgan fingerprint density at radius 2 is 2.16 bits per heavy atom. The summed E-state index contributed by atoms with van der Waals surface area (Å²) in [4.78, 5) is 8.58. The van der Waals surface area contributed by atoms with E-state index in [-0.39, 0.29) is 0 Å². The molecule has 1 aliphatic heterocycles. The van der Waals surface area contributed by atoms with Gasteiger partial charge < -0.3 is 10.5 Å². The smallest absolute Gasteiger partial charge is 0.116 e. The highest BCUT2D eigenvalue weighted by Crippen LogP contribution is 2.25. The normalized spacial score (nSPS) is 17.0. The molecule has 19 heavy (non-hydrogen) atoms. The van der Waals surface area contributed by atoms with Gasteiger partial charge in [-0.2, -0.15) is 0 Å². The van der Waals surface area contributed by atoms with Crippen molar-refractivity contribution in [2.45, 2.75) is 26.2 Å². The van der Waals surface area contributed by atoms with Gasteiger partial charge in [0.25, 0.3) is 0 Å². The average molecular weight is 299 g/mol. The number of ether oxygens (including phenoxy) is 1. The van der Waals surface area contributed by atoms with E-state index >= 15 is 0 Å². The second kappa shape index (κ2) is 6.74. The fraction of sp³-hybridized carbons (Fsp3) is 0.692. The second-order valence-electron chi connectivity index (χ2n) is 5.04. The molecule has 4 nitrogen and oxygen atoms in total. The van der Waals surface area contributed by atoms with E-state index < -0.39 is 0 Å². The molecule has 2 heterocycles. The van der Waals surface area contributed by atoms with Gasteiger partial charge in [0, 0.05) is 26.1 Å². The van der Waals surface area contributed by atoms with Crippen molar-refractivity contribution < 1.29 is 4.74 Å². The third-order valence-corrected chi connectivity index (χ3v) is 4.71. The first-order valence-electron chi connectivity index (χ1n) is 6.67. The zero-order valence-electron chi connectivity index (χ0n) is 11.5. The summed E-state index contributed by atoms with van der Waals surface area (Å²) < 4.78 is 5.35. The van der Waals surface area contributed by atoms with Gasteiger partial charge in [-0.15, -0.1) is 11.3 Å². The fourth-order valence-corrected chi connectivity index (χ4v) is 3.42. The Hall–Kier alpha value is -0.560. The molecule has 1 fully saturated rings. The van der Waals surface area contributed by atoms with E-state index in [0.717, 1.165) is 54.8 Å². The summed E-state index contributed by atoms with van der Waals surface area (Å²) in [7, 11) is 0. The fourth-order valence-electron chi connectivity index (χ4n) is 2.13. The van der Waals surface area contributed by atoms with Crippen LogP contribution in [0.3, 0.4) is 0 Å². The molecule has 0 aromatic carbocycles. The van der Waals surface area contributed by atoms with Crippen LogP contribution in [0.4, 0.5) is 0 Å². The number of aromatic nitrogens is 1. The Morgan fingerprint density at radius 3 is 2.68 bits per heavy atom. The molecule has 0 saturated carbocycles. The van der Waals surface area contributed by atoms with Crippen LogP contribution in [0.2, 0.25) is 0 Å². The van der Waals surface area contributed by atoms with Crippen LogP contribution in [-0.2, 0) is 11.2 Å². The van der Waals surface area contributed by atoms with Crippen molar-refractivity contribution in [2.24, 2.45) is 5.73 Å². The van der Waals surface area contributed by atoms with Crippen LogP contribution in [0.25, 0.3) is 0 Å². The molecule has 0 aliphatic carbocycles. The molecule has 1 aromatic heterocycles. The van der Waals surface area contributed by atoms with E-state index in [4.69, 9.17) is 27.7 Å². The van der Waals surface area contributed by atoms with Gasteiger partial charge in [-0.25, -0.2) is 4.98 Å². The number of hydrogen-bond donors (Lipinski definition) is 1. The molecule has 6 heteroatoms. The second-order valence-corrected chi connectivity index (χ2v) is 6.57. The van der Waals surface area contributed by atoms with Gasteiger partial charge in [-0.1, -0.05) is 26.1 Å². The highest BCUT2D eigenvalue weighted by molar-refractivity contribution is 7.81.